The fourth-order valence-corrected chi connectivity index (χ4v) is 1.62. The number of anilines is 1. The fourth-order valence-electron chi connectivity index (χ4n) is 1.62. The second-order valence-corrected chi connectivity index (χ2v) is 3.64. The Morgan fingerprint density at radius 1 is 1.06 bits per heavy atom. The summed E-state index contributed by atoms with van der Waals surface area (Å²) in [5, 5.41) is 0. The van der Waals surface area contributed by atoms with Crippen LogP contribution in [0.2, 0.25) is 0 Å². The van der Waals surface area contributed by atoms with Crippen molar-refractivity contribution in [2.24, 2.45) is 0 Å². The van der Waals surface area contributed by atoms with E-state index in [9.17, 15) is 13.2 Å². The number of rotatable bonds is 3. The van der Waals surface area contributed by atoms with E-state index in [1.54, 1.807) is 6.07 Å². The number of benzene rings is 2. The molecule has 0 bridgehead atoms. The molecule has 18 heavy (non-hydrogen) atoms. The van der Waals surface area contributed by atoms with Crippen molar-refractivity contribution in [2.75, 3.05) is 5.73 Å². The molecule has 0 heterocycles. The maximum atomic E-state index is 13.1. The lowest BCUT2D eigenvalue weighted by atomic mass is 10.0. The SMILES string of the molecule is Nc1ccc(OC(F)F)cc1-c1cccc(F)c1. The zero-order valence-electron chi connectivity index (χ0n) is 9.24. The Labute approximate surface area is 102 Å². The minimum absolute atomic E-state index is 0.0153. The molecule has 0 fully saturated rings. The highest BCUT2D eigenvalue weighted by molar-refractivity contribution is 5.77. The molecular weight excluding hydrogens is 243 g/mol. The molecule has 2 N–H and O–H groups in total. The number of nitrogen functional groups attached to an aromatic ring is 1. The van der Waals surface area contributed by atoms with Crippen LogP contribution in [-0.4, -0.2) is 6.61 Å². The van der Waals surface area contributed by atoms with Crippen LogP contribution in [0.1, 0.15) is 0 Å². The maximum absolute atomic E-state index is 13.1. The quantitative estimate of drug-likeness (QED) is 0.847. The van der Waals surface area contributed by atoms with Gasteiger partial charge in [-0.3, -0.25) is 0 Å². The Balaban J connectivity index is 2.43. The minimum atomic E-state index is -2.91. The van der Waals surface area contributed by atoms with Gasteiger partial charge in [-0.2, -0.15) is 8.78 Å². The van der Waals surface area contributed by atoms with E-state index in [4.69, 9.17) is 5.73 Å². The summed E-state index contributed by atoms with van der Waals surface area (Å²) in [5.41, 5.74) is 7.06. The number of alkyl halides is 2. The first-order chi connectivity index (χ1) is 8.56. The van der Waals surface area contributed by atoms with Crippen LogP contribution in [0.3, 0.4) is 0 Å². The van der Waals surface area contributed by atoms with Crippen molar-refractivity contribution in [2.45, 2.75) is 6.61 Å². The molecule has 0 spiro atoms. The summed E-state index contributed by atoms with van der Waals surface area (Å²) in [4.78, 5) is 0. The van der Waals surface area contributed by atoms with Crippen LogP contribution in [0.5, 0.6) is 5.75 Å². The first kappa shape index (κ1) is 12.3. The van der Waals surface area contributed by atoms with Crippen molar-refractivity contribution in [1.29, 1.82) is 0 Å². The predicted octanol–water partition coefficient (Wildman–Crippen LogP) is 3.68. The largest absolute Gasteiger partial charge is 0.435 e. The van der Waals surface area contributed by atoms with Crippen LogP contribution in [0.15, 0.2) is 42.5 Å². The van der Waals surface area contributed by atoms with Gasteiger partial charge in [-0.1, -0.05) is 12.1 Å². The zero-order valence-corrected chi connectivity index (χ0v) is 9.24. The van der Waals surface area contributed by atoms with Crippen molar-refractivity contribution in [3.63, 3.8) is 0 Å². The van der Waals surface area contributed by atoms with Crippen LogP contribution in [0.25, 0.3) is 11.1 Å². The molecule has 0 unspecified atom stereocenters. The number of nitrogens with two attached hydrogens (primary N) is 1. The molecule has 0 aliphatic heterocycles. The van der Waals surface area contributed by atoms with E-state index in [0.29, 0.717) is 16.8 Å². The Bertz CT molecular complexity index is 558. The van der Waals surface area contributed by atoms with E-state index < -0.39 is 12.4 Å². The van der Waals surface area contributed by atoms with Gasteiger partial charge in [-0.05, 0) is 35.9 Å². The van der Waals surface area contributed by atoms with Gasteiger partial charge in [-0.25, -0.2) is 4.39 Å². The highest BCUT2D eigenvalue weighted by Crippen LogP contribution is 2.30. The van der Waals surface area contributed by atoms with E-state index in [-0.39, 0.29) is 5.75 Å². The molecular formula is C13H10F3NO. The van der Waals surface area contributed by atoms with Gasteiger partial charge in [0.1, 0.15) is 11.6 Å². The highest BCUT2D eigenvalue weighted by Gasteiger charge is 2.09. The van der Waals surface area contributed by atoms with Gasteiger partial charge >= 0.3 is 6.61 Å². The van der Waals surface area contributed by atoms with Gasteiger partial charge < -0.3 is 10.5 Å². The third-order valence-corrected chi connectivity index (χ3v) is 2.39. The van der Waals surface area contributed by atoms with Crippen molar-refractivity contribution in [1.82, 2.24) is 0 Å². The van der Waals surface area contributed by atoms with E-state index >= 15 is 0 Å². The van der Waals surface area contributed by atoms with Crippen molar-refractivity contribution in [3.8, 4) is 16.9 Å². The molecule has 0 atom stereocenters. The molecule has 0 amide bonds. The van der Waals surface area contributed by atoms with Gasteiger partial charge in [0.15, 0.2) is 0 Å². The standard InChI is InChI=1S/C13H10F3NO/c14-9-3-1-2-8(6-9)11-7-10(18-13(15)16)4-5-12(11)17/h1-7,13H,17H2. The molecule has 2 nitrogen and oxygen atoms in total. The topological polar surface area (TPSA) is 35.2 Å². The molecule has 0 radical (unpaired) electrons. The summed E-state index contributed by atoms with van der Waals surface area (Å²) in [5.74, 6) is -0.439. The van der Waals surface area contributed by atoms with Crippen LogP contribution in [0.4, 0.5) is 18.9 Å². The Morgan fingerprint density at radius 2 is 1.83 bits per heavy atom. The highest BCUT2D eigenvalue weighted by atomic mass is 19.3. The number of halogens is 3. The average Bonchev–Trinajstić information content (AvgIpc) is 2.31. The molecule has 0 saturated heterocycles. The third-order valence-electron chi connectivity index (χ3n) is 2.39. The van der Waals surface area contributed by atoms with Gasteiger partial charge in [0.05, 0.1) is 0 Å². The summed E-state index contributed by atoms with van der Waals surface area (Å²) in [6.07, 6.45) is 0. The van der Waals surface area contributed by atoms with Gasteiger partial charge in [-0.15, -0.1) is 0 Å². The van der Waals surface area contributed by atoms with Crippen LogP contribution >= 0.6 is 0 Å². The molecule has 94 valence electrons. The van der Waals surface area contributed by atoms with Gasteiger partial charge in [0, 0.05) is 11.3 Å². The second kappa shape index (κ2) is 5.00. The van der Waals surface area contributed by atoms with E-state index in [2.05, 4.69) is 4.74 Å². The van der Waals surface area contributed by atoms with Crippen molar-refractivity contribution in [3.05, 3.63) is 48.3 Å². The number of hydrogen-bond donors (Lipinski definition) is 1. The van der Waals surface area contributed by atoms with Crippen LogP contribution in [0, 0.1) is 5.82 Å². The second-order valence-electron chi connectivity index (χ2n) is 3.64. The summed E-state index contributed by atoms with van der Waals surface area (Å²) in [6.45, 7) is -2.91. The molecule has 0 aliphatic carbocycles. The maximum Gasteiger partial charge on any atom is 0.387 e. The molecule has 2 aromatic carbocycles. The lowest BCUT2D eigenvalue weighted by Crippen LogP contribution is -2.02. The van der Waals surface area contributed by atoms with Gasteiger partial charge in [0.2, 0.25) is 0 Å². The molecule has 0 saturated carbocycles. The molecule has 5 heteroatoms. The minimum Gasteiger partial charge on any atom is -0.435 e. The normalized spacial score (nSPS) is 10.7. The van der Waals surface area contributed by atoms with E-state index in [0.717, 1.165) is 0 Å². The lowest BCUT2D eigenvalue weighted by Gasteiger charge is -2.10. The third kappa shape index (κ3) is 2.74. The first-order valence-electron chi connectivity index (χ1n) is 5.16. The smallest absolute Gasteiger partial charge is 0.387 e. The summed E-state index contributed by atoms with van der Waals surface area (Å²) < 4.78 is 41.6. The van der Waals surface area contributed by atoms with E-state index in [1.165, 1.54) is 36.4 Å². The first-order valence-corrected chi connectivity index (χ1v) is 5.16. The molecule has 2 aromatic rings. The molecule has 2 rings (SSSR count). The zero-order chi connectivity index (χ0) is 13.1. The van der Waals surface area contributed by atoms with Crippen molar-refractivity contribution < 1.29 is 17.9 Å². The Kier molecular flexibility index (Phi) is 3.41. The lowest BCUT2D eigenvalue weighted by molar-refractivity contribution is -0.0498. The molecule has 0 aliphatic rings. The van der Waals surface area contributed by atoms with E-state index in [1.807, 2.05) is 0 Å². The summed E-state index contributed by atoms with van der Waals surface area (Å²) in [6, 6.07) is 9.86. The fraction of sp³-hybridized carbons (Fsp3) is 0.0769. The number of hydrogen-bond acceptors (Lipinski definition) is 2. The Morgan fingerprint density at radius 3 is 2.50 bits per heavy atom. The summed E-state index contributed by atoms with van der Waals surface area (Å²) >= 11 is 0. The monoisotopic (exact) mass is 253 g/mol. The number of ether oxygens (including phenoxy) is 1. The van der Waals surface area contributed by atoms with Crippen LogP contribution in [-0.2, 0) is 0 Å². The summed E-state index contributed by atoms with van der Waals surface area (Å²) in [7, 11) is 0. The predicted molar refractivity (Wildman–Crippen MR) is 62.9 cm³/mol. The van der Waals surface area contributed by atoms with Crippen molar-refractivity contribution >= 4 is 5.69 Å². The average molecular weight is 253 g/mol. The van der Waals surface area contributed by atoms with Crippen LogP contribution < -0.4 is 10.5 Å². The molecule has 0 aromatic heterocycles. The Hall–Kier alpha value is -2.17. The van der Waals surface area contributed by atoms with Gasteiger partial charge in [0.25, 0.3) is 0 Å².